The average molecular weight is 832 g/mol. The van der Waals surface area contributed by atoms with Gasteiger partial charge in [0, 0.05) is 45.9 Å². The quantitative estimate of drug-likeness (QED) is 0.0700. The van der Waals surface area contributed by atoms with Gasteiger partial charge in [0.05, 0.1) is 21.5 Å². The molecule has 0 spiro atoms. The zero-order chi connectivity index (χ0) is 41.7. The molecule has 11 heteroatoms. The van der Waals surface area contributed by atoms with Crippen molar-refractivity contribution in [1.82, 2.24) is 9.97 Å². The normalized spacial score (nSPS) is 14.7. The maximum Gasteiger partial charge on any atom is 0.418 e. The van der Waals surface area contributed by atoms with Gasteiger partial charge in [-0.25, -0.2) is 13.4 Å². The molecule has 7 aromatic rings. The molecule has 7 nitrogen and oxygen atoms in total. The molecule has 1 atom stereocenters. The molecule has 0 amide bonds. The van der Waals surface area contributed by atoms with Gasteiger partial charge >= 0.3 is 6.18 Å². The standard InChI is InChI=1S/C49H48F3N3O4S/c50-49(51,52)43-16-11-15-36-29-37-31-38(19-26-45(37)55-48(36)43)53-39-20-27-46(35(30-39)14-8-6-4-2-1-3-5-7-12-33-18-21-40(56)28-33)59-41-22-24-42(25-23-41)60(57,58)47-32-34-13-9-10-17-44(34)54-47/h9-11,13,15-17,19-20,22-27,29-33,53-54H,1-8,12,14,18,21,28H2. The Bertz CT molecular complexity index is 2710. The first-order valence-electron chi connectivity index (χ1n) is 20.9. The summed E-state index contributed by atoms with van der Waals surface area (Å²) in [6.07, 6.45) is 9.31. The van der Waals surface area contributed by atoms with Crippen LogP contribution in [-0.2, 0) is 27.2 Å². The molecule has 0 saturated heterocycles. The lowest BCUT2D eigenvalue weighted by Crippen LogP contribution is -2.06. The number of sulfone groups is 1. The summed E-state index contributed by atoms with van der Waals surface area (Å²) < 4.78 is 74.5. The van der Waals surface area contributed by atoms with Crippen LogP contribution >= 0.6 is 0 Å². The average Bonchev–Trinajstić information content (AvgIpc) is 3.87. The zero-order valence-corrected chi connectivity index (χ0v) is 34.2. The van der Waals surface area contributed by atoms with Crippen molar-refractivity contribution >= 4 is 59.7 Å². The number of fused-ring (bicyclic) bond motifs is 3. The number of nitrogens with one attached hydrogen (secondary N) is 2. The molecule has 2 heterocycles. The number of H-pyrrole nitrogens is 1. The van der Waals surface area contributed by atoms with Crippen LogP contribution in [0.4, 0.5) is 24.5 Å². The van der Waals surface area contributed by atoms with Gasteiger partial charge in [-0.05, 0) is 116 Å². The van der Waals surface area contributed by atoms with Gasteiger partial charge in [0.2, 0.25) is 9.84 Å². The van der Waals surface area contributed by atoms with Crippen molar-refractivity contribution < 1.29 is 31.1 Å². The molecule has 1 saturated carbocycles. The minimum atomic E-state index is -4.50. The third kappa shape index (κ3) is 9.68. The molecule has 0 aliphatic heterocycles. The minimum Gasteiger partial charge on any atom is -0.457 e. The maximum absolute atomic E-state index is 13.7. The summed E-state index contributed by atoms with van der Waals surface area (Å²) in [5.41, 5.74) is 2.98. The third-order valence-corrected chi connectivity index (χ3v) is 13.3. The van der Waals surface area contributed by atoms with E-state index in [2.05, 4.69) is 21.4 Å². The van der Waals surface area contributed by atoms with Gasteiger partial charge in [-0.2, -0.15) is 13.2 Å². The second kappa shape index (κ2) is 17.9. The maximum atomic E-state index is 13.7. The predicted molar refractivity (Wildman–Crippen MR) is 232 cm³/mol. The first kappa shape index (κ1) is 41.1. The van der Waals surface area contributed by atoms with E-state index in [0.29, 0.717) is 39.5 Å². The monoisotopic (exact) mass is 831 g/mol. The lowest BCUT2D eigenvalue weighted by Gasteiger charge is -2.15. The third-order valence-electron chi connectivity index (χ3n) is 11.6. The van der Waals surface area contributed by atoms with Gasteiger partial charge in [0.1, 0.15) is 22.3 Å². The van der Waals surface area contributed by atoms with Crippen LogP contribution in [0.1, 0.15) is 88.2 Å². The first-order chi connectivity index (χ1) is 29.0. The van der Waals surface area contributed by atoms with E-state index in [1.54, 1.807) is 48.5 Å². The number of anilines is 2. The van der Waals surface area contributed by atoms with Crippen molar-refractivity contribution in [3.63, 3.8) is 0 Å². The molecule has 60 heavy (non-hydrogen) atoms. The van der Waals surface area contributed by atoms with Crippen molar-refractivity contribution in [1.29, 1.82) is 0 Å². The Morgan fingerprint density at radius 3 is 2.20 bits per heavy atom. The van der Waals surface area contributed by atoms with Crippen molar-refractivity contribution in [2.24, 2.45) is 5.92 Å². The highest BCUT2D eigenvalue weighted by Crippen LogP contribution is 2.37. The Morgan fingerprint density at radius 1 is 0.733 bits per heavy atom. The molecule has 5 aromatic carbocycles. The second-order valence-corrected chi connectivity index (χ2v) is 17.9. The lowest BCUT2D eigenvalue weighted by molar-refractivity contribution is -0.136. The number of rotatable bonds is 17. The summed E-state index contributed by atoms with van der Waals surface area (Å²) in [7, 11) is -3.78. The van der Waals surface area contributed by atoms with Gasteiger partial charge in [0.15, 0.2) is 0 Å². The molecule has 2 aromatic heterocycles. The summed E-state index contributed by atoms with van der Waals surface area (Å²) in [6.45, 7) is 0. The van der Waals surface area contributed by atoms with Crippen LogP contribution in [0.15, 0.2) is 125 Å². The molecule has 310 valence electrons. The van der Waals surface area contributed by atoms with Gasteiger partial charge in [0.25, 0.3) is 0 Å². The van der Waals surface area contributed by atoms with Crippen LogP contribution in [0.25, 0.3) is 32.7 Å². The molecular formula is C49H48F3N3O4S. The van der Waals surface area contributed by atoms with Crippen LogP contribution in [0.3, 0.4) is 0 Å². The highest BCUT2D eigenvalue weighted by atomic mass is 32.2. The summed E-state index contributed by atoms with van der Waals surface area (Å²) >= 11 is 0. The second-order valence-electron chi connectivity index (χ2n) is 16.0. The number of alkyl halides is 3. The van der Waals surface area contributed by atoms with Crippen LogP contribution in [-0.4, -0.2) is 24.2 Å². The summed E-state index contributed by atoms with van der Waals surface area (Å²) in [6, 6.07) is 32.6. The molecule has 2 N–H and O–H groups in total. The van der Waals surface area contributed by atoms with Crippen LogP contribution in [0.5, 0.6) is 11.5 Å². The van der Waals surface area contributed by atoms with E-state index in [1.807, 2.05) is 48.5 Å². The number of nitrogens with zero attached hydrogens (tertiary/aromatic N) is 1. The smallest absolute Gasteiger partial charge is 0.418 e. The molecule has 0 radical (unpaired) electrons. The number of hydrogen-bond acceptors (Lipinski definition) is 6. The number of benzene rings is 5. The summed E-state index contributed by atoms with van der Waals surface area (Å²) in [5, 5.41) is 5.55. The number of unbranched alkanes of at least 4 members (excludes halogenated alkanes) is 7. The van der Waals surface area contributed by atoms with Gasteiger partial charge < -0.3 is 15.0 Å². The highest BCUT2D eigenvalue weighted by Gasteiger charge is 2.33. The molecule has 1 fully saturated rings. The van der Waals surface area contributed by atoms with E-state index in [0.717, 1.165) is 78.9 Å². The van der Waals surface area contributed by atoms with Crippen molar-refractivity contribution in [2.75, 3.05) is 5.32 Å². The van der Waals surface area contributed by atoms with E-state index < -0.39 is 21.6 Å². The van der Waals surface area contributed by atoms with Crippen LogP contribution < -0.4 is 10.1 Å². The zero-order valence-electron chi connectivity index (χ0n) is 33.4. The molecule has 1 aliphatic rings. The van der Waals surface area contributed by atoms with Crippen LogP contribution in [0.2, 0.25) is 0 Å². The van der Waals surface area contributed by atoms with E-state index >= 15 is 0 Å². The number of Topliss-reactive ketones (excluding diaryl/α,β-unsaturated/α-hetero) is 1. The van der Waals surface area contributed by atoms with Gasteiger partial charge in [-0.15, -0.1) is 0 Å². The Kier molecular flexibility index (Phi) is 12.2. The van der Waals surface area contributed by atoms with Crippen molar-refractivity contribution in [3.8, 4) is 11.5 Å². The number of hydrogen-bond donors (Lipinski definition) is 2. The number of para-hydroxylation sites is 2. The number of aryl methyl sites for hydroxylation is 1. The van der Waals surface area contributed by atoms with E-state index in [4.69, 9.17) is 4.74 Å². The fraction of sp³-hybridized carbons (Fsp3) is 0.306. The Hall–Kier alpha value is -5.68. The lowest BCUT2D eigenvalue weighted by atomic mass is 9.98. The summed E-state index contributed by atoms with van der Waals surface area (Å²) in [4.78, 5) is 19.1. The largest absolute Gasteiger partial charge is 0.457 e. The van der Waals surface area contributed by atoms with Crippen molar-refractivity contribution in [2.45, 2.75) is 99.6 Å². The Morgan fingerprint density at radius 2 is 1.45 bits per heavy atom. The first-order valence-corrected chi connectivity index (χ1v) is 22.4. The topological polar surface area (TPSA) is 101 Å². The molecule has 0 bridgehead atoms. The highest BCUT2D eigenvalue weighted by molar-refractivity contribution is 7.91. The van der Waals surface area contributed by atoms with Gasteiger partial charge in [-0.3, -0.25) is 4.79 Å². The van der Waals surface area contributed by atoms with E-state index in [-0.39, 0.29) is 15.4 Å². The Labute approximate surface area is 348 Å². The number of aromatic amines is 1. The number of halogens is 3. The summed E-state index contributed by atoms with van der Waals surface area (Å²) in [5.74, 6) is 2.22. The number of ether oxygens (including phenoxy) is 1. The number of carbonyl (C=O) groups excluding carboxylic acids is 1. The molecule has 1 unspecified atom stereocenters. The number of pyridine rings is 1. The SMILES string of the molecule is O=C1CCC(CCCCCCCCCCc2cc(Nc3ccc4nc5c(C(F)(F)F)cccc5cc4c3)ccc2Oc2ccc(S(=O)(=O)c3cc4ccccc4[nH]3)cc2)C1. The van der Waals surface area contributed by atoms with E-state index in [9.17, 15) is 26.4 Å². The predicted octanol–water partition coefficient (Wildman–Crippen LogP) is 13.7. The molecule has 1 aliphatic carbocycles. The fourth-order valence-electron chi connectivity index (χ4n) is 8.37. The number of ketones is 1. The molecular weight excluding hydrogens is 784 g/mol. The number of carbonyl (C=O) groups is 1. The van der Waals surface area contributed by atoms with Crippen molar-refractivity contribution in [3.05, 3.63) is 126 Å². The molecule has 8 rings (SSSR count). The van der Waals surface area contributed by atoms with E-state index in [1.165, 1.54) is 44.6 Å². The van der Waals surface area contributed by atoms with Crippen LogP contribution in [0, 0.1) is 5.92 Å². The minimum absolute atomic E-state index is 0.0712. The van der Waals surface area contributed by atoms with Gasteiger partial charge in [-0.1, -0.05) is 81.7 Å². The fourth-order valence-corrected chi connectivity index (χ4v) is 9.64. The number of aromatic nitrogens is 2. The Balaban J connectivity index is 0.946.